The first-order valence-corrected chi connectivity index (χ1v) is 5.01. The minimum Gasteiger partial charge on any atom is -0.371 e. The van der Waals surface area contributed by atoms with Crippen LogP contribution in [0.1, 0.15) is 27.2 Å². The quantitative estimate of drug-likeness (QED) is 0.629. The summed E-state index contributed by atoms with van der Waals surface area (Å²) in [6.07, 6.45) is 2.47. The molecule has 1 aliphatic heterocycles. The predicted octanol–water partition coefficient (Wildman–Crippen LogP) is 1.59. The van der Waals surface area contributed by atoms with Crippen LogP contribution in [0.15, 0.2) is 12.7 Å². The zero-order chi connectivity index (χ0) is 10.8. The summed E-state index contributed by atoms with van der Waals surface area (Å²) >= 11 is 0. The summed E-state index contributed by atoms with van der Waals surface area (Å²) in [7, 11) is 0. The number of hydrogen-bond donors (Lipinski definition) is 0. The van der Waals surface area contributed by atoms with Crippen LogP contribution in [0.5, 0.6) is 0 Å². The van der Waals surface area contributed by atoms with E-state index in [1.165, 1.54) is 6.08 Å². The van der Waals surface area contributed by atoms with Gasteiger partial charge in [0.05, 0.1) is 11.7 Å². The van der Waals surface area contributed by atoms with Gasteiger partial charge in [-0.25, -0.2) is 0 Å². The lowest BCUT2D eigenvalue weighted by atomic mass is 10.2. The van der Waals surface area contributed by atoms with Gasteiger partial charge in [-0.15, -0.1) is 0 Å². The molecule has 1 heterocycles. The molecule has 80 valence electrons. The molecule has 0 spiro atoms. The summed E-state index contributed by atoms with van der Waals surface area (Å²) in [6, 6.07) is 0. The minimum absolute atomic E-state index is 0.00464. The highest BCUT2D eigenvalue weighted by atomic mass is 16.5. The average molecular weight is 197 g/mol. The van der Waals surface area contributed by atoms with Crippen LogP contribution in [0, 0.1) is 0 Å². The van der Waals surface area contributed by atoms with Crippen molar-refractivity contribution in [2.45, 2.75) is 38.9 Å². The SMILES string of the molecule is C=CC(=O)N1CCC(OC(C)(C)C)C1. The maximum atomic E-state index is 11.3. The van der Waals surface area contributed by atoms with Crippen molar-refractivity contribution in [3.05, 3.63) is 12.7 Å². The largest absolute Gasteiger partial charge is 0.371 e. The van der Waals surface area contributed by atoms with E-state index < -0.39 is 0 Å². The Morgan fingerprint density at radius 3 is 2.71 bits per heavy atom. The number of likely N-dealkylation sites (tertiary alicyclic amines) is 1. The predicted molar refractivity (Wildman–Crippen MR) is 56.0 cm³/mol. The normalized spacial score (nSPS) is 22.5. The van der Waals surface area contributed by atoms with Crippen LogP contribution in [-0.4, -0.2) is 35.6 Å². The zero-order valence-corrected chi connectivity index (χ0v) is 9.25. The summed E-state index contributed by atoms with van der Waals surface area (Å²) in [4.78, 5) is 13.1. The van der Waals surface area contributed by atoms with Gasteiger partial charge in [0, 0.05) is 13.1 Å². The van der Waals surface area contributed by atoms with Gasteiger partial charge in [0.1, 0.15) is 0 Å². The third-order valence-corrected chi connectivity index (χ3v) is 2.15. The molecule has 0 saturated carbocycles. The van der Waals surface area contributed by atoms with Crippen molar-refractivity contribution in [2.75, 3.05) is 13.1 Å². The van der Waals surface area contributed by atoms with E-state index in [-0.39, 0.29) is 17.6 Å². The number of rotatable bonds is 2. The molecule has 1 saturated heterocycles. The van der Waals surface area contributed by atoms with E-state index in [1.807, 2.05) is 20.8 Å². The molecule has 1 aliphatic rings. The van der Waals surface area contributed by atoms with Crippen LogP contribution in [0.3, 0.4) is 0 Å². The van der Waals surface area contributed by atoms with Crippen LogP contribution >= 0.6 is 0 Å². The lowest BCUT2D eigenvalue weighted by Gasteiger charge is -2.24. The monoisotopic (exact) mass is 197 g/mol. The molecule has 0 aromatic carbocycles. The number of nitrogens with zero attached hydrogens (tertiary/aromatic N) is 1. The molecule has 0 radical (unpaired) electrons. The number of carbonyl (C=O) groups is 1. The van der Waals surface area contributed by atoms with E-state index >= 15 is 0 Å². The average Bonchev–Trinajstić information content (AvgIpc) is 2.48. The highest BCUT2D eigenvalue weighted by molar-refractivity contribution is 5.87. The molecule has 0 aliphatic carbocycles. The van der Waals surface area contributed by atoms with Crippen molar-refractivity contribution >= 4 is 5.91 Å². The summed E-state index contributed by atoms with van der Waals surface area (Å²) in [5.74, 6) is 0.00464. The molecule has 3 heteroatoms. The molecular weight excluding hydrogens is 178 g/mol. The van der Waals surface area contributed by atoms with Crippen LogP contribution in [0.25, 0.3) is 0 Å². The molecule has 1 fully saturated rings. The van der Waals surface area contributed by atoms with Crippen LogP contribution in [-0.2, 0) is 9.53 Å². The fraction of sp³-hybridized carbons (Fsp3) is 0.727. The molecule has 14 heavy (non-hydrogen) atoms. The molecular formula is C11H19NO2. The van der Waals surface area contributed by atoms with Crippen LogP contribution in [0.4, 0.5) is 0 Å². The maximum absolute atomic E-state index is 11.3. The highest BCUT2D eigenvalue weighted by Crippen LogP contribution is 2.19. The van der Waals surface area contributed by atoms with Gasteiger partial charge in [-0.05, 0) is 33.3 Å². The summed E-state index contributed by atoms with van der Waals surface area (Å²) < 4.78 is 5.80. The van der Waals surface area contributed by atoms with Crippen LogP contribution < -0.4 is 0 Å². The van der Waals surface area contributed by atoms with Gasteiger partial charge in [-0.1, -0.05) is 6.58 Å². The Morgan fingerprint density at radius 2 is 2.21 bits per heavy atom. The highest BCUT2D eigenvalue weighted by Gasteiger charge is 2.28. The van der Waals surface area contributed by atoms with E-state index in [2.05, 4.69) is 6.58 Å². The van der Waals surface area contributed by atoms with Gasteiger partial charge in [0.25, 0.3) is 0 Å². The third kappa shape index (κ3) is 3.14. The van der Waals surface area contributed by atoms with E-state index in [9.17, 15) is 4.79 Å². The fourth-order valence-corrected chi connectivity index (χ4v) is 1.65. The smallest absolute Gasteiger partial charge is 0.246 e. The Bertz CT molecular complexity index is 230. The number of carbonyl (C=O) groups excluding carboxylic acids is 1. The standard InChI is InChI=1S/C11H19NO2/c1-5-10(13)12-7-6-9(8-12)14-11(2,3)4/h5,9H,1,6-8H2,2-4H3. The number of hydrogen-bond acceptors (Lipinski definition) is 2. The minimum atomic E-state index is -0.127. The van der Waals surface area contributed by atoms with Crippen molar-refractivity contribution < 1.29 is 9.53 Å². The lowest BCUT2D eigenvalue weighted by Crippen LogP contribution is -2.32. The van der Waals surface area contributed by atoms with Gasteiger partial charge < -0.3 is 9.64 Å². The number of ether oxygens (including phenoxy) is 1. The third-order valence-electron chi connectivity index (χ3n) is 2.15. The van der Waals surface area contributed by atoms with Crippen molar-refractivity contribution in [2.24, 2.45) is 0 Å². The first-order valence-electron chi connectivity index (χ1n) is 5.01. The Morgan fingerprint density at radius 1 is 1.57 bits per heavy atom. The molecule has 1 unspecified atom stereocenters. The first-order chi connectivity index (χ1) is 6.42. The molecule has 0 bridgehead atoms. The lowest BCUT2D eigenvalue weighted by molar-refractivity contribution is -0.126. The molecule has 3 nitrogen and oxygen atoms in total. The topological polar surface area (TPSA) is 29.5 Å². The Kier molecular flexibility index (Phi) is 3.32. The molecule has 0 aromatic heterocycles. The Labute approximate surface area is 85.7 Å². The van der Waals surface area contributed by atoms with Gasteiger partial charge in [0.2, 0.25) is 5.91 Å². The van der Waals surface area contributed by atoms with Gasteiger partial charge in [-0.2, -0.15) is 0 Å². The van der Waals surface area contributed by atoms with Gasteiger partial charge in [0.15, 0.2) is 0 Å². The molecule has 1 atom stereocenters. The zero-order valence-electron chi connectivity index (χ0n) is 9.25. The van der Waals surface area contributed by atoms with Crippen LogP contribution in [0.2, 0.25) is 0 Å². The van der Waals surface area contributed by atoms with E-state index in [4.69, 9.17) is 4.74 Å². The van der Waals surface area contributed by atoms with Gasteiger partial charge in [-0.3, -0.25) is 4.79 Å². The second-order valence-corrected chi connectivity index (χ2v) is 4.63. The molecule has 0 N–H and O–H groups in total. The first kappa shape index (κ1) is 11.2. The van der Waals surface area contributed by atoms with E-state index in [0.717, 1.165) is 13.0 Å². The fourth-order valence-electron chi connectivity index (χ4n) is 1.65. The second kappa shape index (κ2) is 4.13. The van der Waals surface area contributed by atoms with E-state index in [1.54, 1.807) is 4.90 Å². The summed E-state index contributed by atoms with van der Waals surface area (Å²) in [5.41, 5.74) is -0.127. The maximum Gasteiger partial charge on any atom is 0.246 e. The van der Waals surface area contributed by atoms with Crippen molar-refractivity contribution in [3.8, 4) is 0 Å². The molecule has 1 amide bonds. The summed E-state index contributed by atoms with van der Waals surface area (Å²) in [6.45, 7) is 11.1. The van der Waals surface area contributed by atoms with Crippen molar-refractivity contribution in [1.82, 2.24) is 4.90 Å². The molecule has 1 rings (SSSR count). The molecule has 0 aromatic rings. The Hall–Kier alpha value is -0.830. The summed E-state index contributed by atoms with van der Waals surface area (Å²) in [5, 5.41) is 0. The van der Waals surface area contributed by atoms with E-state index in [0.29, 0.717) is 6.54 Å². The van der Waals surface area contributed by atoms with Crippen molar-refractivity contribution in [3.63, 3.8) is 0 Å². The van der Waals surface area contributed by atoms with Gasteiger partial charge >= 0.3 is 0 Å². The second-order valence-electron chi connectivity index (χ2n) is 4.63. The Balaban J connectivity index is 2.42. The number of amides is 1. The van der Waals surface area contributed by atoms with Crippen molar-refractivity contribution in [1.29, 1.82) is 0 Å².